The molecule has 0 aliphatic carbocycles. The summed E-state index contributed by atoms with van der Waals surface area (Å²) in [6.45, 7) is 1.40. The van der Waals surface area contributed by atoms with Crippen LogP contribution in [0.3, 0.4) is 0 Å². The third-order valence-corrected chi connectivity index (χ3v) is 1.48. The van der Waals surface area contributed by atoms with Crippen LogP contribution in [0.25, 0.3) is 0 Å². The van der Waals surface area contributed by atoms with Gasteiger partial charge < -0.3 is 14.5 Å². The third kappa shape index (κ3) is 2.64. The molecule has 0 saturated carbocycles. The zero-order valence-corrected chi connectivity index (χ0v) is 7.46. The second-order valence-corrected chi connectivity index (χ2v) is 2.51. The topological polar surface area (TPSA) is 47.3 Å². The van der Waals surface area contributed by atoms with Crippen molar-refractivity contribution >= 4 is 0 Å². The molecule has 1 N–H and O–H groups in total. The van der Waals surface area contributed by atoms with Gasteiger partial charge in [0.25, 0.3) is 0 Å². The maximum absolute atomic E-state index is 5.19. The molecule has 1 aromatic rings. The molecule has 1 aromatic heterocycles. The molecule has 0 aromatic carbocycles. The first-order chi connectivity index (χ1) is 5.86. The van der Waals surface area contributed by atoms with E-state index in [9.17, 15) is 0 Å². The highest BCUT2D eigenvalue weighted by Crippen LogP contribution is 2.02. The summed E-state index contributed by atoms with van der Waals surface area (Å²) in [6, 6.07) is 0. The molecule has 4 nitrogen and oxygen atoms in total. The molecule has 4 heteroatoms. The highest BCUT2D eigenvalue weighted by Gasteiger charge is 2.01. The molecule has 0 amide bonds. The van der Waals surface area contributed by atoms with Crippen LogP contribution in [0.1, 0.15) is 11.6 Å². The molecule has 0 fully saturated rings. The molecule has 0 saturated heterocycles. The molecular formula is C8H14N2O2. The highest BCUT2D eigenvalue weighted by molar-refractivity contribution is 4.95. The predicted octanol–water partition coefficient (Wildman–Crippen LogP) is 0.583. The van der Waals surface area contributed by atoms with Crippen LogP contribution in [0.15, 0.2) is 10.7 Å². The fraction of sp³-hybridized carbons (Fsp3) is 0.625. The van der Waals surface area contributed by atoms with Gasteiger partial charge in [0.05, 0.1) is 12.3 Å². The van der Waals surface area contributed by atoms with Gasteiger partial charge >= 0.3 is 0 Å². The molecule has 0 spiro atoms. The summed E-state index contributed by atoms with van der Waals surface area (Å²) < 4.78 is 10.1. The summed E-state index contributed by atoms with van der Waals surface area (Å²) in [5.74, 6) is 0.738. The van der Waals surface area contributed by atoms with Gasteiger partial charge in [0.2, 0.25) is 0 Å². The van der Waals surface area contributed by atoms with Crippen LogP contribution >= 0.6 is 0 Å². The van der Waals surface area contributed by atoms with Crippen LogP contribution in [-0.2, 0) is 17.7 Å². The molecule has 0 unspecified atom stereocenters. The fourth-order valence-electron chi connectivity index (χ4n) is 0.915. The van der Waals surface area contributed by atoms with Crippen LogP contribution in [0.2, 0.25) is 0 Å². The zero-order chi connectivity index (χ0) is 8.81. The summed E-state index contributed by atoms with van der Waals surface area (Å²) >= 11 is 0. The van der Waals surface area contributed by atoms with Crippen LogP contribution in [0.5, 0.6) is 0 Å². The van der Waals surface area contributed by atoms with Crippen molar-refractivity contribution in [3.05, 3.63) is 17.8 Å². The Balaban J connectivity index is 2.41. The van der Waals surface area contributed by atoms with Crippen LogP contribution < -0.4 is 5.32 Å². The summed E-state index contributed by atoms with van der Waals surface area (Å²) in [6.07, 6.45) is 2.40. The maximum Gasteiger partial charge on any atom is 0.196 e. The van der Waals surface area contributed by atoms with E-state index in [2.05, 4.69) is 10.3 Å². The lowest BCUT2D eigenvalue weighted by Gasteiger charge is -1.92. The Morgan fingerprint density at radius 2 is 2.50 bits per heavy atom. The predicted molar refractivity (Wildman–Crippen MR) is 44.8 cm³/mol. The van der Waals surface area contributed by atoms with Gasteiger partial charge in [0.15, 0.2) is 5.89 Å². The van der Waals surface area contributed by atoms with Crippen LogP contribution in [0, 0.1) is 0 Å². The number of methoxy groups -OCH3 is 1. The minimum atomic E-state index is 0.652. The molecule has 0 aliphatic rings. The lowest BCUT2D eigenvalue weighted by molar-refractivity contribution is 0.195. The number of rotatable bonds is 5. The summed E-state index contributed by atoms with van der Waals surface area (Å²) in [5, 5.41) is 3.00. The Morgan fingerprint density at radius 1 is 1.67 bits per heavy atom. The van der Waals surface area contributed by atoms with Crippen molar-refractivity contribution < 1.29 is 9.15 Å². The van der Waals surface area contributed by atoms with E-state index in [4.69, 9.17) is 9.15 Å². The number of hydrogen-bond donors (Lipinski definition) is 1. The normalized spacial score (nSPS) is 10.5. The Morgan fingerprint density at radius 3 is 3.17 bits per heavy atom. The smallest absolute Gasteiger partial charge is 0.196 e. The van der Waals surface area contributed by atoms with Gasteiger partial charge in [-0.25, -0.2) is 4.98 Å². The van der Waals surface area contributed by atoms with Gasteiger partial charge in [-0.15, -0.1) is 0 Å². The molecule has 0 atom stereocenters. The van der Waals surface area contributed by atoms with E-state index in [0.29, 0.717) is 6.61 Å². The van der Waals surface area contributed by atoms with Crippen molar-refractivity contribution in [1.82, 2.24) is 10.3 Å². The lowest BCUT2D eigenvalue weighted by Crippen LogP contribution is -2.05. The Hall–Kier alpha value is -0.870. The minimum absolute atomic E-state index is 0.652. The van der Waals surface area contributed by atoms with E-state index in [1.807, 2.05) is 7.05 Å². The molecule has 68 valence electrons. The van der Waals surface area contributed by atoms with Gasteiger partial charge in [0, 0.05) is 20.1 Å². The summed E-state index contributed by atoms with van der Waals surface area (Å²) in [5.41, 5.74) is 0.934. The SMILES string of the molecule is CNCc1coc(CCOC)n1. The van der Waals surface area contributed by atoms with E-state index in [1.54, 1.807) is 13.4 Å². The highest BCUT2D eigenvalue weighted by atomic mass is 16.5. The van der Waals surface area contributed by atoms with Crippen LogP contribution in [0.4, 0.5) is 0 Å². The van der Waals surface area contributed by atoms with Crippen LogP contribution in [-0.4, -0.2) is 25.7 Å². The van der Waals surface area contributed by atoms with E-state index < -0.39 is 0 Å². The number of nitrogens with one attached hydrogen (secondary N) is 1. The second-order valence-electron chi connectivity index (χ2n) is 2.51. The molecule has 12 heavy (non-hydrogen) atoms. The number of nitrogens with zero attached hydrogens (tertiary/aromatic N) is 1. The number of ether oxygens (including phenoxy) is 1. The van der Waals surface area contributed by atoms with Crippen molar-refractivity contribution in [3.63, 3.8) is 0 Å². The van der Waals surface area contributed by atoms with E-state index >= 15 is 0 Å². The first-order valence-corrected chi connectivity index (χ1v) is 3.93. The van der Waals surface area contributed by atoms with Gasteiger partial charge in [-0.2, -0.15) is 0 Å². The maximum atomic E-state index is 5.19. The molecular weight excluding hydrogens is 156 g/mol. The number of oxazole rings is 1. The van der Waals surface area contributed by atoms with E-state index in [-0.39, 0.29) is 0 Å². The first kappa shape index (κ1) is 9.22. The van der Waals surface area contributed by atoms with Gasteiger partial charge in [-0.1, -0.05) is 0 Å². The Labute approximate surface area is 71.9 Å². The van der Waals surface area contributed by atoms with Gasteiger partial charge in [-0.05, 0) is 7.05 Å². The molecule has 0 radical (unpaired) electrons. The van der Waals surface area contributed by atoms with E-state index in [0.717, 1.165) is 24.6 Å². The second kappa shape index (κ2) is 4.90. The average Bonchev–Trinajstić information content (AvgIpc) is 2.50. The number of aromatic nitrogens is 1. The average molecular weight is 170 g/mol. The van der Waals surface area contributed by atoms with Crippen molar-refractivity contribution in [3.8, 4) is 0 Å². The largest absolute Gasteiger partial charge is 0.449 e. The first-order valence-electron chi connectivity index (χ1n) is 3.93. The van der Waals surface area contributed by atoms with Gasteiger partial charge in [-0.3, -0.25) is 0 Å². The standard InChI is InChI=1S/C8H14N2O2/c1-9-5-7-6-12-8(10-7)3-4-11-2/h6,9H,3-5H2,1-2H3. The van der Waals surface area contributed by atoms with E-state index in [1.165, 1.54) is 0 Å². The quantitative estimate of drug-likeness (QED) is 0.702. The van der Waals surface area contributed by atoms with Crippen molar-refractivity contribution in [1.29, 1.82) is 0 Å². The number of hydrogen-bond acceptors (Lipinski definition) is 4. The van der Waals surface area contributed by atoms with Gasteiger partial charge in [0.1, 0.15) is 6.26 Å². The third-order valence-electron chi connectivity index (χ3n) is 1.48. The molecule has 1 heterocycles. The minimum Gasteiger partial charge on any atom is -0.449 e. The van der Waals surface area contributed by atoms with Crippen molar-refractivity contribution in [2.45, 2.75) is 13.0 Å². The fourth-order valence-corrected chi connectivity index (χ4v) is 0.915. The molecule has 1 rings (SSSR count). The summed E-state index contributed by atoms with van der Waals surface area (Å²) in [7, 11) is 3.54. The Kier molecular flexibility index (Phi) is 3.76. The molecule has 0 bridgehead atoms. The monoisotopic (exact) mass is 170 g/mol. The summed E-state index contributed by atoms with van der Waals surface area (Å²) in [4.78, 5) is 4.23. The van der Waals surface area contributed by atoms with Crippen molar-refractivity contribution in [2.75, 3.05) is 20.8 Å². The Bertz CT molecular complexity index is 223. The van der Waals surface area contributed by atoms with Crippen molar-refractivity contribution in [2.24, 2.45) is 0 Å². The molecule has 0 aliphatic heterocycles. The lowest BCUT2D eigenvalue weighted by atomic mass is 10.4. The zero-order valence-electron chi connectivity index (χ0n) is 7.46.